The number of aldehydes is 2. The number of hydrogen-bond donors (Lipinski definition) is 5. The van der Waals surface area contributed by atoms with Crippen LogP contribution in [0, 0.1) is 20.2 Å². The van der Waals surface area contributed by atoms with Crippen LogP contribution in [0.4, 0.5) is 11.4 Å². The number of carbonyl (C=O) groups is 8. The summed E-state index contributed by atoms with van der Waals surface area (Å²) < 4.78 is 60.0. The van der Waals surface area contributed by atoms with E-state index in [0.29, 0.717) is 123 Å². The fourth-order valence-corrected chi connectivity index (χ4v) is 6.02. The van der Waals surface area contributed by atoms with E-state index in [2.05, 4.69) is 10.1 Å². The molecule has 1 atom stereocenters. The fourth-order valence-electron chi connectivity index (χ4n) is 6.02. The van der Waals surface area contributed by atoms with Gasteiger partial charge >= 0.3 is 17.9 Å². The van der Waals surface area contributed by atoms with Crippen LogP contribution in [0.25, 0.3) is 0 Å². The van der Waals surface area contributed by atoms with Gasteiger partial charge in [-0.1, -0.05) is 30.3 Å². The molecule has 31 heteroatoms. The number of nitrogens with zero attached hydrogens (tertiary/aromatic N) is 2. The minimum Gasteiger partial charge on any atom is -0.481 e. The third-order valence-corrected chi connectivity index (χ3v) is 9.55. The lowest BCUT2D eigenvalue weighted by Gasteiger charge is -2.29. The van der Waals surface area contributed by atoms with E-state index >= 15 is 0 Å². The third-order valence-electron chi connectivity index (χ3n) is 9.55. The topological polar surface area (TPSA) is 441 Å². The SMILES string of the molecule is CC(=O)O.CCOC(=O)CC(C)=O.CO.COCCOCCOCCO.COCCOCCOCCOC(=O)C1=C(C)NC(C)=C(C=O)C1c1ccccc1[N+](=O)[O-].COCCOCCOCCOC(=O)CC(C)=O.N.O=Cc1ccccc1[N+](=O)[O-]. The molecule has 0 fully saturated rings. The summed E-state index contributed by atoms with van der Waals surface area (Å²) in [5.41, 5.74) is 1.40. The third kappa shape index (κ3) is 50.5. The summed E-state index contributed by atoms with van der Waals surface area (Å²) in [5, 5.41) is 47.5. The standard InChI is InChI=1S/C22H28N2O8.C11H20O6.C7H5NO3.C7H16O4.C6H10O3.C2H4O2.CH4O.H3N/c1-15-18(14-25)21(17-6-4-5-7-19(17)24(27)28)20(16(2)23-15)22(26)32-13-12-31-11-10-30-9-8-29-3;1-10(12)9-11(13)17-8-7-16-6-5-15-4-3-14-2;9-5-6-3-1-2-4-7(6)8(10)11;1-9-4-5-11-7-6-10-3-2-8;1-3-9-6(8)4-5(2)7;1-2(3)4;1-2;/h4-7,14,21,23H,8-13H2,1-3H3;3-9H2,1-2H3;1-5H;8H,2-7H2,1H3;3-4H2,1-2H3;1H3,(H,3,4);2H,1H3;1H3. The average Bonchev–Trinajstić information content (AvgIpc) is 1.79. The molecule has 2 aromatic carbocycles. The van der Waals surface area contributed by atoms with Crippen molar-refractivity contribution in [2.24, 2.45) is 0 Å². The van der Waals surface area contributed by atoms with E-state index in [0.717, 1.165) is 14.0 Å². The molecular formula is C56H90N4O27. The number of aliphatic carboxylic acids is 1. The summed E-state index contributed by atoms with van der Waals surface area (Å²) >= 11 is 0. The Balaban J connectivity index is -0.000000343. The molecule has 87 heavy (non-hydrogen) atoms. The number of carboxylic acids is 1. The number of aliphatic hydroxyl groups is 2. The molecule has 0 radical (unpaired) electrons. The lowest BCUT2D eigenvalue weighted by Crippen LogP contribution is -2.30. The summed E-state index contributed by atoms with van der Waals surface area (Å²) in [7, 11) is 5.82. The van der Waals surface area contributed by atoms with Gasteiger partial charge in [-0.25, -0.2) is 4.79 Å². The highest BCUT2D eigenvalue weighted by Crippen LogP contribution is 2.41. The normalized spacial score (nSPS) is 11.6. The van der Waals surface area contributed by atoms with Gasteiger partial charge < -0.3 is 83.6 Å². The lowest BCUT2D eigenvalue weighted by molar-refractivity contribution is -0.385. The van der Waals surface area contributed by atoms with Crippen LogP contribution in [-0.4, -0.2) is 227 Å². The van der Waals surface area contributed by atoms with E-state index < -0.39 is 39.6 Å². The number of nitro groups is 2. The molecule has 1 aliphatic heterocycles. The number of esters is 3. The quantitative estimate of drug-likeness (QED) is 0.0122. The Bertz CT molecular complexity index is 2280. The summed E-state index contributed by atoms with van der Waals surface area (Å²) in [6.45, 7) is 16.2. The van der Waals surface area contributed by atoms with Crippen LogP contribution in [0.1, 0.15) is 76.2 Å². The highest BCUT2D eigenvalue weighted by Gasteiger charge is 2.37. The molecule has 1 unspecified atom stereocenters. The van der Waals surface area contributed by atoms with E-state index in [-0.39, 0.29) is 90.6 Å². The van der Waals surface area contributed by atoms with Gasteiger partial charge in [-0.15, -0.1) is 0 Å². The molecule has 0 aromatic heterocycles. The number of nitrogens with one attached hydrogen (secondary N) is 1. The summed E-state index contributed by atoms with van der Waals surface area (Å²) in [6, 6.07) is 11.8. The molecule has 496 valence electrons. The predicted octanol–water partition coefficient (Wildman–Crippen LogP) is 3.90. The first-order valence-corrected chi connectivity index (χ1v) is 26.4. The van der Waals surface area contributed by atoms with Crippen LogP contribution >= 0.6 is 0 Å². The summed E-state index contributed by atoms with van der Waals surface area (Å²) in [6.07, 6.45) is 0.794. The number of rotatable bonds is 37. The van der Waals surface area contributed by atoms with Crippen molar-refractivity contribution in [3.05, 3.63) is 102 Å². The van der Waals surface area contributed by atoms with Crippen LogP contribution < -0.4 is 11.5 Å². The maximum atomic E-state index is 12.9. The van der Waals surface area contributed by atoms with Crippen molar-refractivity contribution in [2.45, 2.75) is 60.3 Å². The number of carboxylic acid groups (broad SMARTS) is 1. The number of benzene rings is 2. The number of ketones is 2. The van der Waals surface area contributed by atoms with Crippen molar-refractivity contribution < 1.29 is 120 Å². The van der Waals surface area contributed by atoms with Gasteiger partial charge in [0.15, 0.2) is 6.29 Å². The molecule has 0 spiro atoms. The Morgan fingerprint density at radius 1 is 0.552 bits per heavy atom. The zero-order valence-corrected chi connectivity index (χ0v) is 51.4. The van der Waals surface area contributed by atoms with Crippen LogP contribution in [0.2, 0.25) is 0 Å². The number of para-hydroxylation sites is 2. The van der Waals surface area contributed by atoms with Gasteiger partial charge in [-0.05, 0) is 40.7 Å². The Morgan fingerprint density at radius 3 is 1.29 bits per heavy atom. The number of nitro benzene ring substituents is 2. The molecule has 7 N–H and O–H groups in total. The first kappa shape index (κ1) is 88.4. The molecule has 0 saturated heterocycles. The van der Waals surface area contributed by atoms with Crippen molar-refractivity contribution in [3.8, 4) is 0 Å². The van der Waals surface area contributed by atoms with Gasteiger partial charge in [0.1, 0.15) is 43.9 Å². The van der Waals surface area contributed by atoms with E-state index in [1.54, 1.807) is 54.2 Å². The van der Waals surface area contributed by atoms with Crippen molar-refractivity contribution >= 4 is 59.4 Å². The van der Waals surface area contributed by atoms with Gasteiger partial charge in [-0.2, -0.15) is 0 Å². The number of Topliss-reactive ketones (excluding diaryl/α,β-unsaturated/α-hetero) is 2. The van der Waals surface area contributed by atoms with Crippen molar-refractivity contribution in [2.75, 3.05) is 154 Å². The molecule has 3 rings (SSSR count). The minimum atomic E-state index is -0.919. The first-order chi connectivity index (χ1) is 41.1. The zero-order chi connectivity index (χ0) is 65.9. The van der Waals surface area contributed by atoms with Crippen molar-refractivity contribution in [1.29, 1.82) is 0 Å². The second-order valence-corrected chi connectivity index (χ2v) is 16.4. The highest BCUT2D eigenvalue weighted by atomic mass is 16.6. The number of methoxy groups -OCH3 is 3. The summed E-state index contributed by atoms with van der Waals surface area (Å²) in [5.74, 6) is -3.75. The second-order valence-electron chi connectivity index (χ2n) is 16.4. The maximum Gasteiger partial charge on any atom is 0.336 e. The molecule has 1 aliphatic rings. The number of carbonyl (C=O) groups excluding carboxylic acids is 7. The first-order valence-electron chi connectivity index (χ1n) is 26.4. The molecule has 2 aromatic rings. The number of allylic oxidation sites excluding steroid dienone is 3. The molecule has 31 nitrogen and oxygen atoms in total. The van der Waals surface area contributed by atoms with Crippen molar-refractivity contribution in [3.63, 3.8) is 0 Å². The molecule has 0 bridgehead atoms. The van der Waals surface area contributed by atoms with E-state index in [9.17, 15) is 53.8 Å². The molecular weight excluding hydrogens is 1160 g/mol. The Labute approximate surface area is 506 Å². The van der Waals surface area contributed by atoms with Gasteiger partial charge in [0.05, 0.1) is 139 Å². The fraction of sp³-hybridized carbons (Fsp3) is 0.571. The molecule has 1 heterocycles. The molecule has 0 aliphatic carbocycles. The van der Waals surface area contributed by atoms with Gasteiger partial charge in [0.25, 0.3) is 17.3 Å². The van der Waals surface area contributed by atoms with E-state index in [4.69, 9.17) is 72.2 Å². The Hall–Kier alpha value is -7.40. The molecule has 0 amide bonds. The van der Waals surface area contributed by atoms with Gasteiger partial charge in [0.2, 0.25) is 0 Å². The monoisotopic (exact) mass is 1250 g/mol. The van der Waals surface area contributed by atoms with Gasteiger partial charge in [-0.3, -0.25) is 53.8 Å². The number of aliphatic hydroxyl groups excluding tert-OH is 2. The van der Waals surface area contributed by atoms with Crippen molar-refractivity contribution in [1.82, 2.24) is 11.5 Å². The second kappa shape index (κ2) is 61.7. The number of hydrogen-bond acceptors (Lipinski definition) is 28. The van der Waals surface area contributed by atoms with E-state index in [1.165, 1.54) is 50.2 Å². The van der Waals surface area contributed by atoms with E-state index in [1.807, 2.05) is 0 Å². The zero-order valence-electron chi connectivity index (χ0n) is 51.4. The lowest BCUT2D eigenvalue weighted by atomic mass is 9.80. The number of dihydropyridines is 1. The maximum absolute atomic E-state index is 12.9. The minimum absolute atomic E-state index is 0. The predicted molar refractivity (Wildman–Crippen MR) is 312 cm³/mol. The Morgan fingerprint density at radius 2 is 0.920 bits per heavy atom. The Kier molecular flexibility index (Phi) is 62.6. The van der Waals surface area contributed by atoms with Crippen LogP contribution in [0.3, 0.4) is 0 Å². The smallest absolute Gasteiger partial charge is 0.336 e. The average molecular weight is 1250 g/mol. The highest BCUT2D eigenvalue weighted by molar-refractivity contribution is 5.96. The van der Waals surface area contributed by atoms with Crippen LogP contribution in [0.15, 0.2) is 71.1 Å². The largest absolute Gasteiger partial charge is 0.481 e. The van der Waals surface area contributed by atoms with Crippen LogP contribution in [0.5, 0.6) is 0 Å². The van der Waals surface area contributed by atoms with Crippen LogP contribution in [-0.2, 0) is 90.4 Å². The number of ether oxygens (including phenoxy) is 12. The van der Waals surface area contributed by atoms with Gasteiger partial charge in [0, 0.05) is 70.0 Å². The molecule has 0 saturated carbocycles. The summed E-state index contributed by atoms with van der Waals surface area (Å²) in [4.78, 5) is 107.